The first-order valence-electron chi connectivity index (χ1n) is 13.1. The number of hydrogen-bond donors (Lipinski definition) is 0. The third-order valence-corrected chi connectivity index (χ3v) is 6.66. The maximum Gasteiger partial charge on any atom is 0.258 e. The van der Waals surface area contributed by atoms with Gasteiger partial charge in [0.05, 0.1) is 23.8 Å². The molecule has 0 aliphatic carbocycles. The van der Waals surface area contributed by atoms with E-state index in [1.165, 1.54) is 0 Å². The average molecular weight is 532 g/mol. The average Bonchev–Trinajstić information content (AvgIpc) is 3.39. The van der Waals surface area contributed by atoms with Crippen molar-refractivity contribution in [1.29, 1.82) is 5.26 Å². The van der Waals surface area contributed by atoms with Crippen LogP contribution in [0, 0.1) is 11.3 Å². The maximum absolute atomic E-state index is 14.1. The Morgan fingerprint density at radius 1 is 1.12 bits per heavy atom. The van der Waals surface area contributed by atoms with Crippen LogP contribution in [0.2, 0.25) is 0 Å². The van der Waals surface area contributed by atoms with Gasteiger partial charge in [0.15, 0.2) is 5.82 Å². The molecule has 0 bridgehead atoms. The fourth-order valence-electron chi connectivity index (χ4n) is 4.59. The van der Waals surface area contributed by atoms with E-state index in [1.54, 1.807) is 34.7 Å². The molecule has 0 radical (unpaired) electrons. The number of para-hydroxylation sites is 1. The van der Waals surface area contributed by atoms with Gasteiger partial charge in [0.1, 0.15) is 11.9 Å². The Balaban J connectivity index is 1.82. The van der Waals surface area contributed by atoms with E-state index in [-0.39, 0.29) is 12.5 Å². The smallest absolute Gasteiger partial charge is 0.258 e. The lowest BCUT2D eigenvalue weighted by Gasteiger charge is -2.26. The van der Waals surface area contributed by atoms with Crippen LogP contribution in [0.1, 0.15) is 41.2 Å². The van der Waals surface area contributed by atoms with Crippen molar-refractivity contribution in [1.82, 2.24) is 24.6 Å². The minimum absolute atomic E-state index is 0.0917. The van der Waals surface area contributed by atoms with Gasteiger partial charge in [-0.1, -0.05) is 56.0 Å². The first kappa shape index (κ1) is 28.0. The highest BCUT2D eigenvalue weighted by Crippen LogP contribution is 2.26. The van der Waals surface area contributed by atoms with E-state index in [1.807, 2.05) is 81.9 Å². The molecule has 0 aliphatic rings. The van der Waals surface area contributed by atoms with Gasteiger partial charge in [0, 0.05) is 49.0 Å². The minimum atomic E-state index is -0.211. The quantitative estimate of drug-likeness (QED) is 0.191. The molecule has 0 atom stereocenters. The van der Waals surface area contributed by atoms with Crippen LogP contribution in [0.15, 0.2) is 97.0 Å². The summed E-state index contributed by atoms with van der Waals surface area (Å²) in [5, 5.41) is 15.1. The summed E-state index contributed by atoms with van der Waals surface area (Å²) in [6, 6.07) is 17.6. The number of carbonyl (C=O) groups excluding carboxylic acids is 1. The van der Waals surface area contributed by atoms with Crippen molar-refractivity contribution in [2.24, 2.45) is 7.05 Å². The molecule has 8 nitrogen and oxygen atoms in total. The predicted molar refractivity (Wildman–Crippen MR) is 158 cm³/mol. The highest BCUT2D eigenvalue weighted by Gasteiger charge is 2.24. The molecule has 40 heavy (non-hydrogen) atoms. The fraction of sp³-hybridized carbons (Fsp3) is 0.219. The summed E-state index contributed by atoms with van der Waals surface area (Å²) in [4.78, 5) is 27.5. The number of nitrogens with zero attached hydrogens (tertiary/aromatic N) is 7. The molecule has 4 aromatic rings. The standard InChI is InChI=1S/C32H33N7O/c1-6-8-13-26(18-33)23(3)39(32(40)27-15-10-9-14-25(27)7-2)22-30-35-29-17-12-11-16-28(29)31(36-30)37(4)20-24-19-34-38(5)21-24/h6,8-17,19,21H,1,7,20,22H2,2-5H3. The summed E-state index contributed by atoms with van der Waals surface area (Å²) in [6.45, 7) is 8.19. The van der Waals surface area contributed by atoms with Crippen molar-refractivity contribution in [2.45, 2.75) is 33.4 Å². The zero-order valence-electron chi connectivity index (χ0n) is 23.4. The molecule has 0 aliphatic heterocycles. The molecule has 2 aromatic heterocycles. The van der Waals surface area contributed by atoms with Crippen molar-refractivity contribution in [3.05, 3.63) is 120 Å². The molecule has 0 saturated heterocycles. The third-order valence-electron chi connectivity index (χ3n) is 6.66. The zero-order chi connectivity index (χ0) is 28.6. The second-order valence-electron chi connectivity index (χ2n) is 9.47. The SMILES string of the molecule is C=CC=CC(C#N)=C(C)N(Cc1nc(N(C)Cc2cnn(C)c2)c2ccccc2n1)C(=O)c1ccccc1CC. The third kappa shape index (κ3) is 6.16. The van der Waals surface area contributed by atoms with Crippen LogP contribution in [0.4, 0.5) is 5.82 Å². The first-order chi connectivity index (χ1) is 19.4. The van der Waals surface area contributed by atoms with Gasteiger partial charge < -0.3 is 9.80 Å². The first-order valence-corrected chi connectivity index (χ1v) is 13.1. The number of allylic oxidation sites excluding steroid dienone is 5. The van der Waals surface area contributed by atoms with Gasteiger partial charge in [0.2, 0.25) is 0 Å². The Labute approximate surface area is 235 Å². The highest BCUT2D eigenvalue weighted by atomic mass is 16.2. The van der Waals surface area contributed by atoms with Crippen LogP contribution in [0.3, 0.4) is 0 Å². The number of nitriles is 1. The van der Waals surface area contributed by atoms with Crippen LogP contribution in [0.5, 0.6) is 0 Å². The van der Waals surface area contributed by atoms with Crippen molar-refractivity contribution in [3.8, 4) is 6.07 Å². The molecular weight excluding hydrogens is 498 g/mol. The summed E-state index contributed by atoms with van der Waals surface area (Å²) in [5.41, 5.74) is 4.21. The van der Waals surface area contributed by atoms with E-state index in [9.17, 15) is 10.1 Å². The molecule has 8 heteroatoms. The van der Waals surface area contributed by atoms with Crippen molar-refractivity contribution in [2.75, 3.05) is 11.9 Å². The normalized spacial score (nSPS) is 11.8. The molecule has 2 aromatic carbocycles. The Hall–Kier alpha value is -5.03. The predicted octanol–water partition coefficient (Wildman–Crippen LogP) is 5.74. The Morgan fingerprint density at radius 3 is 2.58 bits per heavy atom. The molecule has 0 N–H and O–H groups in total. The van der Waals surface area contributed by atoms with Gasteiger partial charge >= 0.3 is 0 Å². The summed E-state index contributed by atoms with van der Waals surface area (Å²) in [7, 11) is 3.87. The molecule has 0 unspecified atom stereocenters. The second-order valence-corrected chi connectivity index (χ2v) is 9.47. The van der Waals surface area contributed by atoms with E-state index in [4.69, 9.17) is 9.97 Å². The molecule has 1 amide bonds. The van der Waals surface area contributed by atoms with Crippen LogP contribution >= 0.6 is 0 Å². The minimum Gasteiger partial charge on any atom is -0.355 e. The number of carbonyl (C=O) groups is 1. The topological polar surface area (TPSA) is 90.9 Å². The van der Waals surface area contributed by atoms with Crippen molar-refractivity contribution in [3.63, 3.8) is 0 Å². The highest BCUT2D eigenvalue weighted by molar-refractivity contribution is 5.97. The number of hydrogen-bond acceptors (Lipinski definition) is 6. The lowest BCUT2D eigenvalue weighted by atomic mass is 10.0. The monoisotopic (exact) mass is 531 g/mol. The summed E-state index contributed by atoms with van der Waals surface area (Å²) in [5.74, 6) is 1.01. The molecule has 0 fully saturated rings. The van der Waals surface area contributed by atoms with Gasteiger partial charge in [-0.3, -0.25) is 9.48 Å². The molecule has 2 heterocycles. The summed E-state index contributed by atoms with van der Waals surface area (Å²) >= 11 is 0. The van der Waals surface area contributed by atoms with E-state index < -0.39 is 0 Å². The number of rotatable bonds is 10. The summed E-state index contributed by atoms with van der Waals surface area (Å²) < 4.78 is 1.77. The Morgan fingerprint density at radius 2 is 1.88 bits per heavy atom. The molecule has 4 rings (SSSR count). The van der Waals surface area contributed by atoms with E-state index in [0.29, 0.717) is 35.6 Å². The zero-order valence-corrected chi connectivity index (χ0v) is 23.4. The van der Waals surface area contributed by atoms with E-state index in [2.05, 4.69) is 22.6 Å². The molecule has 202 valence electrons. The van der Waals surface area contributed by atoms with Gasteiger partial charge in [-0.2, -0.15) is 10.4 Å². The number of aryl methyl sites for hydroxylation is 2. The van der Waals surface area contributed by atoms with E-state index >= 15 is 0 Å². The van der Waals surface area contributed by atoms with Crippen LogP contribution in [0.25, 0.3) is 10.9 Å². The number of benzene rings is 2. The second kappa shape index (κ2) is 12.7. The number of fused-ring (bicyclic) bond motifs is 1. The lowest BCUT2D eigenvalue weighted by Crippen LogP contribution is -2.31. The number of anilines is 1. The van der Waals surface area contributed by atoms with Crippen LogP contribution < -0.4 is 4.90 Å². The van der Waals surface area contributed by atoms with Gasteiger partial charge in [-0.05, 0) is 43.2 Å². The van der Waals surface area contributed by atoms with Crippen molar-refractivity contribution >= 4 is 22.6 Å². The lowest BCUT2D eigenvalue weighted by molar-refractivity contribution is 0.0791. The van der Waals surface area contributed by atoms with Gasteiger partial charge in [-0.15, -0.1) is 0 Å². The Kier molecular flexibility index (Phi) is 8.87. The maximum atomic E-state index is 14.1. The van der Waals surface area contributed by atoms with Gasteiger partial charge in [0.25, 0.3) is 5.91 Å². The largest absolute Gasteiger partial charge is 0.355 e. The molecule has 0 spiro atoms. The van der Waals surface area contributed by atoms with E-state index in [0.717, 1.165) is 27.8 Å². The number of aromatic nitrogens is 4. The summed E-state index contributed by atoms with van der Waals surface area (Å²) in [6.07, 6.45) is 9.45. The molecular formula is C32H33N7O. The fourth-order valence-corrected chi connectivity index (χ4v) is 4.59. The number of amides is 1. The van der Waals surface area contributed by atoms with Crippen LogP contribution in [-0.2, 0) is 26.6 Å². The van der Waals surface area contributed by atoms with Gasteiger partial charge in [-0.25, -0.2) is 9.97 Å². The van der Waals surface area contributed by atoms with Crippen LogP contribution in [-0.4, -0.2) is 37.6 Å². The molecule has 0 saturated carbocycles. The van der Waals surface area contributed by atoms with Crippen molar-refractivity contribution < 1.29 is 4.79 Å². The Bertz CT molecular complexity index is 1640.